The van der Waals surface area contributed by atoms with Crippen LogP contribution in [-0.4, -0.2) is 11.1 Å². The van der Waals surface area contributed by atoms with Crippen LogP contribution in [0.1, 0.15) is 248 Å². The molecular weight excluding hydrogens is 536 g/mol. The Morgan fingerprint density at radius 2 is 0.636 bits per heavy atom. The van der Waals surface area contributed by atoms with Gasteiger partial charge in [0.05, 0.1) is 5.41 Å². The Balaban J connectivity index is 6.40. The Morgan fingerprint density at radius 3 is 0.977 bits per heavy atom. The lowest BCUT2D eigenvalue weighted by Gasteiger charge is -2.61. The molecule has 0 bridgehead atoms. The third-order valence-corrected chi connectivity index (χ3v) is 11.7. The third-order valence-electron chi connectivity index (χ3n) is 11.7. The van der Waals surface area contributed by atoms with Gasteiger partial charge < -0.3 is 5.11 Å². The fourth-order valence-electron chi connectivity index (χ4n) is 9.01. The molecule has 0 aliphatic heterocycles. The largest absolute Gasteiger partial charge is 0.481 e. The van der Waals surface area contributed by atoms with E-state index in [9.17, 15) is 9.90 Å². The summed E-state index contributed by atoms with van der Waals surface area (Å²) in [6, 6.07) is 0. The molecule has 2 nitrogen and oxygen atoms in total. The van der Waals surface area contributed by atoms with Gasteiger partial charge in [0, 0.05) is 0 Å². The predicted octanol–water partition coefficient (Wildman–Crippen LogP) is 15.3. The van der Waals surface area contributed by atoms with Crippen molar-refractivity contribution in [1.82, 2.24) is 0 Å². The zero-order chi connectivity index (χ0) is 33.0. The van der Waals surface area contributed by atoms with Gasteiger partial charge in [0.25, 0.3) is 0 Å². The lowest BCUT2D eigenvalue weighted by Crippen LogP contribution is -2.58. The number of unbranched alkanes of at least 4 members (excludes halogenated alkanes) is 17. The number of aliphatic carboxylic acids is 1. The number of carbonyl (C=O) groups is 1. The molecule has 0 aromatic heterocycles. The standard InChI is InChI=1S/C42H84O2/c1-8-15-22-23-24-25-26-27-28-29-30-31-34-40(32-16-9-2,33-17-10-3)42(37-20-13-6,38-21-14-7)41(39(43)44,35-18-11-4)36-19-12-5/h8-38H2,1-7H3,(H,43,44). The van der Waals surface area contributed by atoms with Crippen LogP contribution in [0.2, 0.25) is 0 Å². The molecule has 0 aromatic rings. The molecule has 0 aliphatic rings. The minimum absolute atomic E-state index is 0.107. The molecular formula is C42H84O2. The highest BCUT2D eigenvalue weighted by Crippen LogP contribution is 2.67. The van der Waals surface area contributed by atoms with Crippen LogP contribution in [0.5, 0.6) is 0 Å². The summed E-state index contributed by atoms with van der Waals surface area (Å²) in [6.07, 6.45) is 38.3. The van der Waals surface area contributed by atoms with E-state index < -0.39 is 11.4 Å². The van der Waals surface area contributed by atoms with Gasteiger partial charge in [-0.3, -0.25) is 4.79 Å². The smallest absolute Gasteiger partial charge is 0.310 e. The van der Waals surface area contributed by atoms with Crippen LogP contribution in [0.25, 0.3) is 0 Å². The van der Waals surface area contributed by atoms with Crippen molar-refractivity contribution < 1.29 is 9.90 Å². The minimum atomic E-state index is -0.595. The molecule has 264 valence electrons. The maximum atomic E-state index is 14.0. The molecule has 0 radical (unpaired) electrons. The lowest BCUT2D eigenvalue weighted by molar-refractivity contribution is -0.184. The molecule has 0 saturated carbocycles. The van der Waals surface area contributed by atoms with E-state index in [1.165, 1.54) is 148 Å². The number of carboxylic acid groups (broad SMARTS) is 1. The predicted molar refractivity (Wildman–Crippen MR) is 198 cm³/mol. The topological polar surface area (TPSA) is 37.3 Å². The van der Waals surface area contributed by atoms with E-state index in [0.29, 0.717) is 0 Å². The second kappa shape index (κ2) is 27.6. The summed E-state index contributed by atoms with van der Waals surface area (Å²) in [4.78, 5) is 14.0. The molecule has 2 heteroatoms. The Morgan fingerprint density at radius 1 is 0.364 bits per heavy atom. The summed E-state index contributed by atoms with van der Waals surface area (Å²) >= 11 is 0. The first kappa shape index (κ1) is 43.5. The van der Waals surface area contributed by atoms with Gasteiger partial charge in [-0.25, -0.2) is 0 Å². The summed E-state index contributed by atoms with van der Waals surface area (Å²) in [5.74, 6) is -0.446. The third kappa shape index (κ3) is 14.5. The SMILES string of the molecule is CCCCCCCCCCCCCCC(CCCC)(CCCC)C(CCCC)(CCCC)C(CCCC)(CCCC)C(=O)O. The van der Waals surface area contributed by atoms with Gasteiger partial charge in [-0.15, -0.1) is 0 Å². The number of hydrogen-bond acceptors (Lipinski definition) is 1. The monoisotopic (exact) mass is 621 g/mol. The molecule has 44 heavy (non-hydrogen) atoms. The highest BCUT2D eigenvalue weighted by Gasteiger charge is 2.63. The van der Waals surface area contributed by atoms with E-state index in [1.807, 2.05) is 0 Å². The highest BCUT2D eigenvalue weighted by atomic mass is 16.4. The molecule has 0 unspecified atom stereocenters. The summed E-state index contributed by atoms with van der Waals surface area (Å²) in [6.45, 7) is 16.2. The maximum absolute atomic E-state index is 14.0. The second-order valence-electron chi connectivity index (χ2n) is 15.0. The van der Waals surface area contributed by atoms with Crippen molar-refractivity contribution in [2.75, 3.05) is 0 Å². The van der Waals surface area contributed by atoms with Gasteiger partial charge >= 0.3 is 5.97 Å². The van der Waals surface area contributed by atoms with Crippen molar-refractivity contribution in [1.29, 1.82) is 0 Å². The number of hydrogen-bond donors (Lipinski definition) is 1. The van der Waals surface area contributed by atoms with Crippen molar-refractivity contribution in [2.45, 2.75) is 248 Å². The molecule has 0 rings (SSSR count). The molecule has 0 fully saturated rings. The molecule has 0 aromatic carbocycles. The molecule has 0 amide bonds. The van der Waals surface area contributed by atoms with Crippen molar-refractivity contribution in [3.8, 4) is 0 Å². The molecule has 0 atom stereocenters. The maximum Gasteiger partial charge on any atom is 0.310 e. The number of rotatable bonds is 34. The Hall–Kier alpha value is -0.530. The van der Waals surface area contributed by atoms with E-state index >= 15 is 0 Å². The van der Waals surface area contributed by atoms with Crippen LogP contribution in [-0.2, 0) is 4.79 Å². The van der Waals surface area contributed by atoms with Crippen LogP contribution >= 0.6 is 0 Å². The van der Waals surface area contributed by atoms with Crippen LogP contribution in [0, 0.1) is 16.2 Å². The first-order valence-corrected chi connectivity index (χ1v) is 20.6. The van der Waals surface area contributed by atoms with Gasteiger partial charge in [0.1, 0.15) is 0 Å². The van der Waals surface area contributed by atoms with Gasteiger partial charge in [0.15, 0.2) is 0 Å². The Kier molecular flexibility index (Phi) is 27.2. The molecule has 0 saturated heterocycles. The molecule has 0 spiro atoms. The molecule has 0 heterocycles. The summed E-state index contributed by atoms with van der Waals surface area (Å²) < 4.78 is 0. The molecule has 0 aliphatic carbocycles. The minimum Gasteiger partial charge on any atom is -0.481 e. The second-order valence-corrected chi connectivity index (χ2v) is 15.0. The summed E-state index contributed by atoms with van der Waals surface area (Å²) in [5.41, 5.74) is -0.562. The van der Waals surface area contributed by atoms with E-state index in [1.54, 1.807) is 0 Å². The van der Waals surface area contributed by atoms with Crippen LogP contribution in [0.3, 0.4) is 0 Å². The number of carboxylic acids is 1. The Bertz CT molecular complexity index is 614. The first-order chi connectivity index (χ1) is 21.4. The average molecular weight is 621 g/mol. The van der Waals surface area contributed by atoms with E-state index in [2.05, 4.69) is 48.5 Å². The first-order valence-electron chi connectivity index (χ1n) is 20.6. The zero-order valence-electron chi connectivity index (χ0n) is 31.8. The van der Waals surface area contributed by atoms with Gasteiger partial charge in [-0.1, -0.05) is 203 Å². The van der Waals surface area contributed by atoms with Crippen molar-refractivity contribution in [3.63, 3.8) is 0 Å². The Labute approximate surface area is 279 Å². The van der Waals surface area contributed by atoms with Gasteiger partial charge in [0.2, 0.25) is 0 Å². The van der Waals surface area contributed by atoms with Gasteiger partial charge in [-0.2, -0.15) is 0 Å². The fourth-order valence-corrected chi connectivity index (χ4v) is 9.01. The average Bonchev–Trinajstić information content (AvgIpc) is 3.03. The molecule has 1 N–H and O–H groups in total. The van der Waals surface area contributed by atoms with Crippen molar-refractivity contribution >= 4 is 5.97 Å². The summed E-state index contributed by atoms with van der Waals surface area (Å²) in [7, 11) is 0. The van der Waals surface area contributed by atoms with Crippen LogP contribution < -0.4 is 0 Å². The summed E-state index contributed by atoms with van der Waals surface area (Å²) in [5, 5.41) is 11.5. The fraction of sp³-hybridized carbons (Fsp3) is 0.976. The lowest BCUT2D eigenvalue weighted by atomic mass is 9.42. The zero-order valence-corrected chi connectivity index (χ0v) is 31.8. The normalized spacial score (nSPS) is 12.7. The van der Waals surface area contributed by atoms with Crippen molar-refractivity contribution in [3.05, 3.63) is 0 Å². The van der Waals surface area contributed by atoms with E-state index in [0.717, 1.165) is 51.4 Å². The van der Waals surface area contributed by atoms with E-state index in [4.69, 9.17) is 0 Å². The van der Waals surface area contributed by atoms with Crippen LogP contribution in [0.4, 0.5) is 0 Å². The van der Waals surface area contributed by atoms with Crippen molar-refractivity contribution in [2.24, 2.45) is 16.2 Å². The quantitative estimate of drug-likeness (QED) is 0.0727. The van der Waals surface area contributed by atoms with Crippen LogP contribution in [0.15, 0.2) is 0 Å². The van der Waals surface area contributed by atoms with Gasteiger partial charge in [-0.05, 0) is 55.8 Å². The highest BCUT2D eigenvalue weighted by molar-refractivity contribution is 5.76. The van der Waals surface area contributed by atoms with E-state index in [-0.39, 0.29) is 10.8 Å².